The van der Waals surface area contributed by atoms with Crippen molar-refractivity contribution in [1.82, 2.24) is 5.32 Å². The lowest BCUT2D eigenvalue weighted by atomic mass is 9.95. The van der Waals surface area contributed by atoms with Gasteiger partial charge in [0, 0.05) is 22.0 Å². The minimum absolute atomic E-state index is 0.0268. The van der Waals surface area contributed by atoms with Crippen molar-refractivity contribution in [3.05, 3.63) is 64.1 Å². The fourth-order valence-electron chi connectivity index (χ4n) is 2.64. The minimum Gasteiger partial charge on any atom is -0.497 e. The number of benzene rings is 2. The van der Waals surface area contributed by atoms with Crippen molar-refractivity contribution < 1.29 is 9.53 Å². The second-order valence-corrected chi connectivity index (χ2v) is 6.62. The second-order valence-electron chi connectivity index (χ2n) is 5.70. The number of methoxy groups -OCH3 is 1. The normalized spacial score (nSPS) is 15.2. The number of hydrogen-bond donors (Lipinski definition) is 1. The Morgan fingerprint density at radius 2 is 1.95 bits per heavy atom. The zero-order chi connectivity index (χ0) is 15.6. The lowest BCUT2D eigenvalue weighted by Crippen LogP contribution is -2.32. The van der Waals surface area contributed by atoms with Crippen LogP contribution in [-0.2, 0) is 5.41 Å². The van der Waals surface area contributed by atoms with Gasteiger partial charge in [-0.2, -0.15) is 0 Å². The maximum atomic E-state index is 12.3. The van der Waals surface area contributed by atoms with E-state index in [0.717, 1.165) is 23.1 Å². The summed E-state index contributed by atoms with van der Waals surface area (Å²) in [6.45, 7) is 0.671. The molecule has 0 radical (unpaired) electrons. The molecule has 4 heteroatoms. The molecule has 114 valence electrons. The Balaban J connectivity index is 1.66. The number of ether oxygens (including phenoxy) is 1. The third-order valence-electron chi connectivity index (χ3n) is 4.23. The summed E-state index contributed by atoms with van der Waals surface area (Å²) in [4.78, 5) is 12.3. The molecule has 1 fully saturated rings. The summed E-state index contributed by atoms with van der Waals surface area (Å²) in [5.41, 5.74) is 2.04. The topological polar surface area (TPSA) is 38.3 Å². The van der Waals surface area contributed by atoms with E-state index in [2.05, 4.69) is 33.4 Å². The molecule has 0 saturated heterocycles. The molecule has 1 aliphatic rings. The van der Waals surface area contributed by atoms with Gasteiger partial charge >= 0.3 is 0 Å². The molecule has 22 heavy (non-hydrogen) atoms. The summed E-state index contributed by atoms with van der Waals surface area (Å²) in [6, 6.07) is 15.6. The molecule has 0 unspecified atom stereocenters. The quantitative estimate of drug-likeness (QED) is 0.878. The zero-order valence-electron chi connectivity index (χ0n) is 12.4. The first-order valence-corrected chi connectivity index (χ1v) is 8.11. The van der Waals surface area contributed by atoms with Gasteiger partial charge in [0.25, 0.3) is 5.91 Å². The fraction of sp³-hybridized carbons (Fsp3) is 0.278. The summed E-state index contributed by atoms with van der Waals surface area (Å²) in [5, 5.41) is 3.07. The van der Waals surface area contributed by atoms with E-state index in [1.165, 1.54) is 5.56 Å². The molecule has 0 aliphatic heterocycles. The smallest absolute Gasteiger partial charge is 0.251 e. The van der Waals surface area contributed by atoms with E-state index in [0.29, 0.717) is 12.1 Å². The van der Waals surface area contributed by atoms with Crippen molar-refractivity contribution in [2.75, 3.05) is 13.7 Å². The van der Waals surface area contributed by atoms with Crippen LogP contribution >= 0.6 is 15.9 Å². The highest BCUT2D eigenvalue weighted by molar-refractivity contribution is 9.10. The molecule has 2 aromatic carbocycles. The predicted octanol–water partition coefficient (Wildman–Crippen LogP) is 3.92. The highest BCUT2D eigenvalue weighted by atomic mass is 79.9. The molecule has 1 amide bonds. The molecule has 0 spiro atoms. The molecule has 2 aromatic rings. The Morgan fingerprint density at radius 1 is 1.23 bits per heavy atom. The van der Waals surface area contributed by atoms with Crippen LogP contribution in [-0.4, -0.2) is 19.6 Å². The van der Waals surface area contributed by atoms with Gasteiger partial charge in [-0.25, -0.2) is 0 Å². The first kappa shape index (κ1) is 15.1. The van der Waals surface area contributed by atoms with Crippen LogP contribution < -0.4 is 10.1 Å². The Hall–Kier alpha value is -1.81. The number of rotatable bonds is 5. The van der Waals surface area contributed by atoms with Crippen LogP contribution in [0.4, 0.5) is 0 Å². The highest BCUT2D eigenvalue weighted by Crippen LogP contribution is 2.47. The SMILES string of the molecule is COc1ccc(C2(CNC(=O)c3cccc(Br)c3)CC2)cc1. The summed E-state index contributed by atoms with van der Waals surface area (Å²) in [7, 11) is 1.67. The molecule has 0 aromatic heterocycles. The maximum Gasteiger partial charge on any atom is 0.251 e. The number of hydrogen-bond acceptors (Lipinski definition) is 2. The number of halogens is 1. The van der Waals surface area contributed by atoms with E-state index in [-0.39, 0.29) is 11.3 Å². The first-order valence-electron chi connectivity index (χ1n) is 7.31. The number of amides is 1. The van der Waals surface area contributed by atoms with Crippen molar-refractivity contribution in [2.24, 2.45) is 0 Å². The predicted molar refractivity (Wildman–Crippen MR) is 90.4 cm³/mol. The summed E-state index contributed by atoms with van der Waals surface area (Å²) >= 11 is 3.39. The highest BCUT2D eigenvalue weighted by Gasteiger charge is 2.44. The van der Waals surface area contributed by atoms with Crippen LogP contribution in [0, 0.1) is 0 Å². The van der Waals surface area contributed by atoms with Gasteiger partial charge in [0.1, 0.15) is 5.75 Å². The van der Waals surface area contributed by atoms with Crippen LogP contribution in [0.15, 0.2) is 53.0 Å². The largest absolute Gasteiger partial charge is 0.497 e. The number of carbonyl (C=O) groups excluding carboxylic acids is 1. The number of carbonyl (C=O) groups is 1. The number of nitrogens with one attached hydrogen (secondary N) is 1. The molecule has 1 saturated carbocycles. The van der Waals surface area contributed by atoms with E-state index >= 15 is 0 Å². The molecule has 0 heterocycles. The van der Waals surface area contributed by atoms with Crippen molar-refractivity contribution in [1.29, 1.82) is 0 Å². The molecular weight excluding hydrogens is 342 g/mol. The molecule has 1 aliphatic carbocycles. The average molecular weight is 360 g/mol. The third-order valence-corrected chi connectivity index (χ3v) is 4.72. The zero-order valence-corrected chi connectivity index (χ0v) is 14.0. The van der Waals surface area contributed by atoms with E-state index in [4.69, 9.17) is 4.74 Å². The van der Waals surface area contributed by atoms with Crippen LogP contribution in [0.25, 0.3) is 0 Å². The minimum atomic E-state index is -0.0268. The van der Waals surface area contributed by atoms with E-state index < -0.39 is 0 Å². The summed E-state index contributed by atoms with van der Waals surface area (Å²) < 4.78 is 6.11. The van der Waals surface area contributed by atoms with E-state index in [1.807, 2.05) is 36.4 Å². The van der Waals surface area contributed by atoms with Gasteiger partial charge in [-0.3, -0.25) is 4.79 Å². The standard InChI is InChI=1S/C18H18BrNO2/c1-22-16-7-5-14(6-8-16)18(9-10-18)12-20-17(21)13-3-2-4-15(19)11-13/h2-8,11H,9-10,12H2,1H3,(H,20,21). The fourth-order valence-corrected chi connectivity index (χ4v) is 3.04. The van der Waals surface area contributed by atoms with Crippen molar-refractivity contribution >= 4 is 21.8 Å². The Labute approximate surface area is 138 Å². The average Bonchev–Trinajstić information content (AvgIpc) is 3.34. The van der Waals surface area contributed by atoms with E-state index in [1.54, 1.807) is 7.11 Å². The molecule has 0 bridgehead atoms. The van der Waals surface area contributed by atoms with Crippen LogP contribution in [0.1, 0.15) is 28.8 Å². The molecule has 1 N–H and O–H groups in total. The summed E-state index contributed by atoms with van der Waals surface area (Å²) in [5.74, 6) is 0.832. The summed E-state index contributed by atoms with van der Waals surface area (Å²) in [6.07, 6.45) is 2.22. The van der Waals surface area contributed by atoms with Gasteiger partial charge in [0.05, 0.1) is 7.11 Å². The van der Waals surface area contributed by atoms with Gasteiger partial charge in [0.15, 0.2) is 0 Å². The lowest BCUT2D eigenvalue weighted by Gasteiger charge is -2.17. The van der Waals surface area contributed by atoms with Gasteiger partial charge in [-0.15, -0.1) is 0 Å². The second kappa shape index (κ2) is 6.13. The van der Waals surface area contributed by atoms with Crippen LogP contribution in [0.2, 0.25) is 0 Å². The Bertz CT molecular complexity index is 678. The van der Waals surface area contributed by atoms with Gasteiger partial charge in [0.2, 0.25) is 0 Å². The van der Waals surface area contributed by atoms with Gasteiger partial charge < -0.3 is 10.1 Å². The molecular formula is C18H18BrNO2. The van der Waals surface area contributed by atoms with Crippen molar-refractivity contribution in [3.63, 3.8) is 0 Å². The van der Waals surface area contributed by atoms with Crippen LogP contribution in [0.3, 0.4) is 0 Å². The lowest BCUT2D eigenvalue weighted by molar-refractivity contribution is 0.0949. The maximum absolute atomic E-state index is 12.3. The van der Waals surface area contributed by atoms with Gasteiger partial charge in [-0.05, 0) is 48.7 Å². The first-order chi connectivity index (χ1) is 10.6. The molecule has 3 nitrogen and oxygen atoms in total. The molecule has 3 rings (SSSR count). The third kappa shape index (κ3) is 3.17. The van der Waals surface area contributed by atoms with Crippen molar-refractivity contribution in [3.8, 4) is 5.75 Å². The Kier molecular flexibility index (Phi) is 4.21. The molecule has 0 atom stereocenters. The van der Waals surface area contributed by atoms with Gasteiger partial charge in [-0.1, -0.05) is 34.1 Å². The van der Waals surface area contributed by atoms with Crippen LogP contribution in [0.5, 0.6) is 5.75 Å². The van der Waals surface area contributed by atoms with Crippen molar-refractivity contribution in [2.45, 2.75) is 18.3 Å². The monoisotopic (exact) mass is 359 g/mol. The Morgan fingerprint density at radius 3 is 2.55 bits per heavy atom. The van der Waals surface area contributed by atoms with E-state index in [9.17, 15) is 4.79 Å².